The fourth-order valence-electron chi connectivity index (χ4n) is 4.15. The number of esters is 1. The van der Waals surface area contributed by atoms with Gasteiger partial charge in [0, 0.05) is 10.3 Å². The molecule has 2 bridgehead atoms. The molecule has 21 heavy (non-hydrogen) atoms. The Labute approximate surface area is 130 Å². The third-order valence-corrected chi connectivity index (χ3v) is 6.49. The summed E-state index contributed by atoms with van der Waals surface area (Å²) in [5, 5.41) is 0. The molecule has 2 aliphatic carbocycles. The van der Waals surface area contributed by atoms with Crippen molar-refractivity contribution >= 4 is 18.6 Å². The number of thiol groups is 1. The molecule has 0 saturated heterocycles. The van der Waals surface area contributed by atoms with Crippen molar-refractivity contribution in [3.05, 3.63) is 29.6 Å². The number of rotatable bonds is 2. The largest absolute Gasteiger partial charge is 0.458 e. The van der Waals surface area contributed by atoms with Gasteiger partial charge >= 0.3 is 5.97 Å². The average Bonchev–Trinajstić information content (AvgIpc) is 2.75. The van der Waals surface area contributed by atoms with Gasteiger partial charge < -0.3 is 4.74 Å². The van der Waals surface area contributed by atoms with Crippen LogP contribution in [-0.4, -0.2) is 12.1 Å². The van der Waals surface area contributed by atoms with Crippen LogP contribution in [0, 0.1) is 22.6 Å². The van der Waals surface area contributed by atoms with Crippen LogP contribution >= 0.6 is 12.6 Å². The molecule has 1 aromatic rings. The lowest BCUT2D eigenvalue weighted by atomic mass is 9.70. The summed E-state index contributed by atoms with van der Waals surface area (Å²) < 4.78 is 19.0. The van der Waals surface area contributed by atoms with E-state index < -0.39 is 5.82 Å². The Bertz CT molecular complexity index is 598. The summed E-state index contributed by atoms with van der Waals surface area (Å²) in [6.07, 6.45) is 3.20. The summed E-state index contributed by atoms with van der Waals surface area (Å²) >= 11 is 4.02. The summed E-state index contributed by atoms with van der Waals surface area (Å²) in [5.41, 5.74) is 0.609. The Morgan fingerprint density at radius 3 is 2.62 bits per heavy atom. The van der Waals surface area contributed by atoms with Crippen molar-refractivity contribution in [1.29, 1.82) is 0 Å². The molecule has 0 amide bonds. The molecule has 2 aliphatic rings. The molecule has 3 unspecified atom stereocenters. The molecule has 3 rings (SSSR count). The van der Waals surface area contributed by atoms with Gasteiger partial charge in [0.2, 0.25) is 0 Å². The molecule has 2 saturated carbocycles. The molecule has 0 spiro atoms. The van der Waals surface area contributed by atoms with Crippen molar-refractivity contribution in [1.82, 2.24) is 0 Å². The van der Waals surface area contributed by atoms with E-state index in [0.717, 1.165) is 12.8 Å². The highest BCUT2D eigenvalue weighted by atomic mass is 32.1. The van der Waals surface area contributed by atoms with Crippen LogP contribution in [0.3, 0.4) is 0 Å². The maximum Gasteiger partial charge on any atom is 0.338 e. The lowest BCUT2D eigenvalue weighted by Crippen LogP contribution is -2.38. The van der Waals surface area contributed by atoms with Crippen molar-refractivity contribution in [2.24, 2.45) is 16.7 Å². The minimum Gasteiger partial charge on any atom is -0.458 e. The standard InChI is InChI=1S/C17H21FO2S/c1-16(2)11-6-7-17(16,3)14(9-11)20-15(19)10-4-5-12(18)13(21)8-10/h4-5,8,11,14,21H,6-7,9H2,1-3H3. The number of halogens is 1. The Balaban J connectivity index is 1.79. The Morgan fingerprint density at radius 1 is 1.38 bits per heavy atom. The molecule has 1 aromatic carbocycles. The van der Waals surface area contributed by atoms with Gasteiger partial charge in [-0.25, -0.2) is 9.18 Å². The molecule has 4 heteroatoms. The number of fused-ring (bicyclic) bond motifs is 2. The van der Waals surface area contributed by atoms with Crippen LogP contribution < -0.4 is 0 Å². The first kappa shape index (κ1) is 14.9. The van der Waals surface area contributed by atoms with E-state index in [1.165, 1.54) is 24.6 Å². The number of hydrogen-bond donors (Lipinski definition) is 1. The van der Waals surface area contributed by atoms with Gasteiger partial charge in [0.25, 0.3) is 0 Å². The first-order valence-corrected chi connectivity index (χ1v) is 7.90. The first-order valence-electron chi connectivity index (χ1n) is 7.45. The second kappa shape index (κ2) is 4.73. The number of hydrogen-bond acceptors (Lipinski definition) is 3. The second-order valence-corrected chi connectivity index (χ2v) is 7.65. The molecule has 0 radical (unpaired) electrons. The molecule has 0 heterocycles. The molecule has 2 fully saturated rings. The van der Waals surface area contributed by atoms with E-state index in [1.807, 2.05) is 0 Å². The lowest BCUT2D eigenvalue weighted by Gasteiger charge is -2.38. The number of ether oxygens (including phenoxy) is 1. The molecule has 0 aliphatic heterocycles. The van der Waals surface area contributed by atoms with E-state index in [-0.39, 0.29) is 27.8 Å². The van der Waals surface area contributed by atoms with Gasteiger partial charge in [-0.1, -0.05) is 20.8 Å². The summed E-state index contributed by atoms with van der Waals surface area (Å²) in [4.78, 5) is 12.5. The van der Waals surface area contributed by atoms with Gasteiger partial charge in [0.05, 0.1) is 5.56 Å². The van der Waals surface area contributed by atoms with Gasteiger partial charge in [0.15, 0.2) is 0 Å². The van der Waals surface area contributed by atoms with Crippen LogP contribution in [0.25, 0.3) is 0 Å². The highest BCUT2D eigenvalue weighted by molar-refractivity contribution is 7.80. The van der Waals surface area contributed by atoms with Crippen molar-refractivity contribution in [2.45, 2.75) is 51.0 Å². The van der Waals surface area contributed by atoms with Crippen molar-refractivity contribution in [3.63, 3.8) is 0 Å². The molecule has 0 aromatic heterocycles. The smallest absolute Gasteiger partial charge is 0.338 e. The molecular formula is C17H21FO2S. The highest BCUT2D eigenvalue weighted by Crippen LogP contribution is 2.66. The van der Waals surface area contributed by atoms with Gasteiger partial charge in [-0.2, -0.15) is 0 Å². The first-order chi connectivity index (χ1) is 9.75. The summed E-state index contributed by atoms with van der Waals surface area (Å²) in [6, 6.07) is 4.14. The van der Waals surface area contributed by atoms with Crippen molar-refractivity contribution in [3.8, 4) is 0 Å². The molecule has 0 N–H and O–H groups in total. The van der Waals surface area contributed by atoms with Crippen molar-refractivity contribution in [2.75, 3.05) is 0 Å². The zero-order valence-corrected chi connectivity index (χ0v) is 13.5. The minimum absolute atomic E-state index is 0.0388. The van der Waals surface area contributed by atoms with Gasteiger partial charge in [-0.05, 0) is 48.8 Å². The molecular weight excluding hydrogens is 287 g/mol. The third kappa shape index (κ3) is 2.10. The number of carbonyl (C=O) groups is 1. The quantitative estimate of drug-likeness (QED) is 0.644. The maximum absolute atomic E-state index is 13.2. The topological polar surface area (TPSA) is 26.3 Å². The zero-order chi connectivity index (χ0) is 15.4. The second-order valence-electron chi connectivity index (χ2n) is 7.17. The summed E-state index contributed by atoms with van der Waals surface area (Å²) in [7, 11) is 0. The summed E-state index contributed by atoms with van der Waals surface area (Å²) in [5.74, 6) is -0.184. The maximum atomic E-state index is 13.2. The SMILES string of the molecule is CC1(C)C2CCC1(C)C(OC(=O)c1ccc(F)c(S)c1)C2. The predicted molar refractivity (Wildman–Crippen MR) is 82.1 cm³/mol. The fourth-order valence-corrected chi connectivity index (χ4v) is 4.36. The summed E-state index contributed by atoms with van der Waals surface area (Å²) in [6.45, 7) is 6.79. The van der Waals surface area contributed by atoms with Crippen LogP contribution in [0.2, 0.25) is 0 Å². The van der Waals surface area contributed by atoms with E-state index in [1.54, 1.807) is 0 Å². The van der Waals surface area contributed by atoms with Crippen LogP contribution in [0.4, 0.5) is 4.39 Å². The van der Waals surface area contributed by atoms with Crippen molar-refractivity contribution < 1.29 is 13.9 Å². The average molecular weight is 308 g/mol. The van der Waals surface area contributed by atoms with E-state index in [9.17, 15) is 9.18 Å². The normalized spacial score (nSPS) is 33.2. The van der Waals surface area contributed by atoms with E-state index in [2.05, 4.69) is 33.4 Å². The van der Waals surface area contributed by atoms with Gasteiger partial charge in [-0.3, -0.25) is 0 Å². The van der Waals surface area contributed by atoms with Crippen LogP contribution in [0.1, 0.15) is 50.4 Å². The van der Waals surface area contributed by atoms with Gasteiger partial charge in [0.1, 0.15) is 11.9 Å². The highest BCUT2D eigenvalue weighted by Gasteiger charge is 2.62. The van der Waals surface area contributed by atoms with E-state index >= 15 is 0 Å². The predicted octanol–water partition coefficient (Wildman–Crippen LogP) is 4.49. The zero-order valence-electron chi connectivity index (χ0n) is 12.6. The Morgan fingerprint density at radius 2 is 2.10 bits per heavy atom. The van der Waals surface area contributed by atoms with Gasteiger partial charge in [-0.15, -0.1) is 12.6 Å². The Hall–Kier alpha value is -1.03. The van der Waals surface area contributed by atoms with E-state index in [0.29, 0.717) is 11.5 Å². The fraction of sp³-hybridized carbons (Fsp3) is 0.588. The minimum atomic E-state index is -0.428. The number of benzene rings is 1. The Kier molecular flexibility index (Phi) is 3.36. The van der Waals surface area contributed by atoms with Crippen LogP contribution in [-0.2, 0) is 4.74 Å². The molecule has 2 nitrogen and oxygen atoms in total. The molecule has 114 valence electrons. The monoisotopic (exact) mass is 308 g/mol. The number of carbonyl (C=O) groups excluding carboxylic acids is 1. The molecule has 3 atom stereocenters. The van der Waals surface area contributed by atoms with E-state index in [4.69, 9.17) is 4.74 Å². The van der Waals surface area contributed by atoms with Crippen LogP contribution in [0.5, 0.6) is 0 Å². The lowest BCUT2D eigenvalue weighted by molar-refractivity contribution is -0.0242. The third-order valence-electron chi connectivity index (χ3n) is 6.15. The van der Waals surface area contributed by atoms with Crippen LogP contribution in [0.15, 0.2) is 23.1 Å².